The topological polar surface area (TPSA) is 67.6 Å². The molecule has 1 aromatic carbocycles. The molecule has 1 aromatic rings. The van der Waals surface area contributed by atoms with E-state index in [2.05, 4.69) is 71.7 Å². The standard InChI is InChI=1S/C38H71N3O2/c1-9-17-21-30(13-5)27-41(28-31(14-6)22-18-10-2)36-26-35(40-38(42)33(16-8)24-20-12-4)34(39)25-37(36)43-29-32(15-7)23-19-11-3/h25-26,30-33H,9-24,27-29,39H2,1-8H3,(H,40,42). The van der Waals surface area contributed by atoms with E-state index in [1.807, 2.05) is 6.07 Å². The van der Waals surface area contributed by atoms with Crippen molar-refractivity contribution in [2.24, 2.45) is 23.7 Å². The quantitative estimate of drug-likeness (QED) is 0.104. The van der Waals surface area contributed by atoms with Gasteiger partial charge in [-0.1, -0.05) is 126 Å². The lowest BCUT2D eigenvalue weighted by molar-refractivity contribution is -0.120. The van der Waals surface area contributed by atoms with Crippen LogP contribution in [0.4, 0.5) is 17.1 Å². The van der Waals surface area contributed by atoms with E-state index in [4.69, 9.17) is 10.5 Å². The van der Waals surface area contributed by atoms with Gasteiger partial charge in [0.25, 0.3) is 0 Å². The highest BCUT2D eigenvalue weighted by atomic mass is 16.5. The van der Waals surface area contributed by atoms with Gasteiger partial charge in [0.1, 0.15) is 5.75 Å². The number of nitrogens with zero attached hydrogens (tertiary/aromatic N) is 1. The average molecular weight is 602 g/mol. The highest BCUT2D eigenvalue weighted by Crippen LogP contribution is 2.39. The lowest BCUT2D eigenvalue weighted by Gasteiger charge is -2.34. The number of anilines is 3. The number of nitrogen functional groups attached to an aromatic ring is 1. The maximum Gasteiger partial charge on any atom is 0.227 e. The molecule has 0 aliphatic carbocycles. The molecule has 0 spiro atoms. The molecule has 0 saturated carbocycles. The zero-order chi connectivity index (χ0) is 32.0. The summed E-state index contributed by atoms with van der Waals surface area (Å²) >= 11 is 0. The monoisotopic (exact) mass is 602 g/mol. The third-order valence-electron chi connectivity index (χ3n) is 9.56. The smallest absolute Gasteiger partial charge is 0.227 e. The number of amides is 1. The van der Waals surface area contributed by atoms with Crippen LogP contribution in [-0.2, 0) is 4.79 Å². The Balaban J connectivity index is 3.58. The normalized spacial score (nSPS) is 14.2. The van der Waals surface area contributed by atoms with E-state index in [0.29, 0.717) is 30.0 Å². The summed E-state index contributed by atoms with van der Waals surface area (Å²) in [6.45, 7) is 20.8. The number of nitrogens with two attached hydrogens (primary N) is 1. The molecule has 5 heteroatoms. The molecule has 0 saturated heterocycles. The van der Waals surface area contributed by atoms with Crippen molar-refractivity contribution in [1.82, 2.24) is 0 Å². The molecule has 1 rings (SSSR count). The third-order valence-corrected chi connectivity index (χ3v) is 9.56. The molecule has 0 aliphatic heterocycles. The molecule has 0 radical (unpaired) electrons. The molecule has 1 amide bonds. The molecule has 3 N–H and O–H groups in total. The number of hydrogen-bond donors (Lipinski definition) is 2. The van der Waals surface area contributed by atoms with Crippen LogP contribution in [0.25, 0.3) is 0 Å². The van der Waals surface area contributed by atoms with Crippen LogP contribution in [0.5, 0.6) is 5.75 Å². The second kappa shape index (κ2) is 23.5. The molecule has 4 atom stereocenters. The predicted molar refractivity (Wildman–Crippen MR) is 190 cm³/mol. The van der Waals surface area contributed by atoms with E-state index in [9.17, 15) is 4.79 Å². The number of ether oxygens (including phenoxy) is 1. The van der Waals surface area contributed by atoms with Crippen molar-refractivity contribution in [3.05, 3.63) is 12.1 Å². The number of carbonyl (C=O) groups excluding carboxylic acids is 1. The Morgan fingerprint density at radius 2 is 1.21 bits per heavy atom. The summed E-state index contributed by atoms with van der Waals surface area (Å²) < 4.78 is 6.69. The van der Waals surface area contributed by atoms with E-state index >= 15 is 0 Å². The van der Waals surface area contributed by atoms with Gasteiger partial charge in [-0.2, -0.15) is 0 Å². The van der Waals surface area contributed by atoms with Gasteiger partial charge in [0.2, 0.25) is 5.91 Å². The molecule has 0 fully saturated rings. The fraction of sp³-hybridized carbons (Fsp3) is 0.816. The van der Waals surface area contributed by atoms with Crippen LogP contribution in [-0.4, -0.2) is 25.6 Å². The Hall–Kier alpha value is -1.91. The molecule has 5 nitrogen and oxygen atoms in total. The van der Waals surface area contributed by atoms with Crippen LogP contribution in [0.2, 0.25) is 0 Å². The van der Waals surface area contributed by atoms with Crippen molar-refractivity contribution in [2.75, 3.05) is 35.6 Å². The van der Waals surface area contributed by atoms with E-state index < -0.39 is 0 Å². The second-order valence-corrected chi connectivity index (χ2v) is 13.1. The Morgan fingerprint density at radius 3 is 1.67 bits per heavy atom. The molecule has 0 aliphatic rings. The molecule has 0 heterocycles. The second-order valence-electron chi connectivity index (χ2n) is 13.1. The first-order valence-corrected chi connectivity index (χ1v) is 18.4. The van der Waals surface area contributed by atoms with Gasteiger partial charge in [-0.05, 0) is 55.9 Å². The van der Waals surface area contributed by atoms with Gasteiger partial charge in [-0.25, -0.2) is 0 Å². The van der Waals surface area contributed by atoms with Gasteiger partial charge >= 0.3 is 0 Å². The number of rotatable bonds is 26. The van der Waals surface area contributed by atoms with Gasteiger partial charge in [0.05, 0.1) is 23.7 Å². The predicted octanol–water partition coefficient (Wildman–Crippen LogP) is 11.3. The van der Waals surface area contributed by atoms with Crippen molar-refractivity contribution in [3.8, 4) is 5.75 Å². The van der Waals surface area contributed by atoms with Crippen molar-refractivity contribution >= 4 is 23.0 Å². The van der Waals surface area contributed by atoms with Gasteiger partial charge in [0, 0.05) is 25.1 Å². The zero-order valence-electron chi connectivity index (χ0n) is 29.7. The molecule has 250 valence electrons. The summed E-state index contributed by atoms with van der Waals surface area (Å²) in [6, 6.07) is 4.14. The van der Waals surface area contributed by atoms with Gasteiger partial charge in [-0.15, -0.1) is 0 Å². The molecular weight excluding hydrogens is 530 g/mol. The summed E-state index contributed by atoms with van der Waals surface area (Å²) in [6.07, 6.45) is 18.5. The van der Waals surface area contributed by atoms with Crippen molar-refractivity contribution in [3.63, 3.8) is 0 Å². The van der Waals surface area contributed by atoms with Crippen molar-refractivity contribution in [2.45, 2.75) is 158 Å². The zero-order valence-corrected chi connectivity index (χ0v) is 29.7. The fourth-order valence-corrected chi connectivity index (χ4v) is 6.10. The minimum Gasteiger partial charge on any atom is -0.491 e. The number of unbranched alkanes of at least 4 members (excludes halogenated alkanes) is 4. The van der Waals surface area contributed by atoms with E-state index in [1.54, 1.807) is 0 Å². The average Bonchev–Trinajstić information content (AvgIpc) is 3.01. The summed E-state index contributed by atoms with van der Waals surface area (Å²) in [5.41, 5.74) is 9.09. The molecule has 43 heavy (non-hydrogen) atoms. The first-order chi connectivity index (χ1) is 20.8. The van der Waals surface area contributed by atoms with Gasteiger partial charge < -0.3 is 20.7 Å². The number of hydrogen-bond acceptors (Lipinski definition) is 4. The van der Waals surface area contributed by atoms with Crippen molar-refractivity contribution in [1.29, 1.82) is 0 Å². The van der Waals surface area contributed by atoms with E-state index in [0.717, 1.165) is 62.3 Å². The Kier molecular flexibility index (Phi) is 21.3. The lowest BCUT2D eigenvalue weighted by atomic mass is 9.95. The first kappa shape index (κ1) is 39.1. The highest BCUT2D eigenvalue weighted by molar-refractivity contribution is 5.96. The Labute approximate surface area is 267 Å². The van der Waals surface area contributed by atoms with Gasteiger partial charge in [-0.3, -0.25) is 4.79 Å². The van der Waals surface area contributed by atoms with Gasteiger partial charge in [0.15, 0.2) is 0 Å². The maximum absolute atomic E-state index is 13.4. The van der Waals surface area contributed by atoms with Crippen molar-refractivity contribution < 1.29 is 9.53 Å². The minimum atomic E-state index is 0.00994. The van der Waals surface area contributed by atoms with Crippen LogP contribution < -0.4 is 20.7 Å². The van der Waals surface area contributed by atoms with E-state index in [-0.39, 0.29) is 11.8 Å². The third kappa shape index (κ3) is 14.6. The first-order valence-electron chi connectivity index (χ1n) is 18.4. The molecule has 0 aromatic heterocycles. The molecular formula is C38H71N3O2. The summed E-state index contributed by atoms with van der Waals surface area (Å²) in [5.74, 6) is 2.75. The van der Waals surface area contributed by atoms with Crippen LogP contribution in [0, 0.1) is 23.7 Å². The SMILES string of the molecule is CCCCC(CC)COc1cc(N)c(NC(=O)C(CC)CCCC)cc1N(CC(CC)CCCC)CC(CC)CCCC. The molecule has 0 bridgehead atoms. The lowest BCUT2D eigenvalue weighted by Crippen LogP contribution is -2.35. The van der Waals surface area contributed by atoms with Crippen LogP contribution in [0.15, 0.2) is 12.1 Å². The largest absolute Gasteiger partial charge is 0.491 e. The highest BCUT2D eigenvalue weighted by Gasteiger charge is 2.24. The Bertz CT molecular complexity index is 840. The molecule has 4 unspecified atom stereocenters. The number of carbonyl (C=O) groups is 1. The number of nitrogens with one attached hydrogen (secondary N) is 1. The van der Waals surface area contributed by atoms with Crippen LogP contribution in [0.1, 0.15) is 158 Å². The Morgan fingerprint density at radius 1 is 0.721 bits per heavy atom. The van der Waals surface area contributed by atoms with Crippen LogP contribution >= 0.6 is 0 Å². The van der Waals surface area contributed by atoms with Crippen LogP contribution in [0.3, 0.4) is 0 Å². The minimum absolute atomic E-state index is 0.00994. The summed E-state index contributed by atoms with van der Waals surface area (Å²) in [7, 11) is 0. The van der Waals surface area contributed by atoms with E-state index in [1.165, 1.54) is 70.6 Å². The maximum atomic E-state index is 13.4. The summed E-state index contributed by atoms with van der Waals surface area (Å²) in [4.78, 5) is 16.0. The fourth-order valence-electron chi connectivity index (χ4n) is 6.10. The number of benzene rings is 1. The summed E-state index contributed by atoms with van der Waals surface area (Å²) in [5, 5.41) is 3.25.